The number of carbonyl (C=O) groups excluding carboxylic acids is 2. The summed E-state index contributed by atoms with van der Waals surface area (Å²) in [5.74, 6) is 0.857. The summed E-state index contributed by atoms with van der Waals surface area (Å²) < 4.78 is 6.17. The fraction of sp³-hybridized carbons (Fsp3) is 0.318. The maximum absolute atomic E-state index is 12.3. The summed E-state index contributed by atoms with van der Waals surface area (Å²) in [4.78, 5) is 29.8. The van der Waals surface area contributed by atoms with Gasteiger partial charge in [0.1, 0.15) is 5.75 Å². The number of ether oxygens (including phenoxy) is 1. The van der Waals surface area contributed by atoms with E-state index < -0.39 is 0 Å². The highest BCUT2D eigenvalue weighted by atomic mass is 32.2. The van der Waals surface area contributed by atoms with E-state index in [-0.39, 0.29) is 23.0 Å². The summed E-state index contributed by atoms with van der Waals surface area (Å²) in [6.45, 7) is 6.08. The summed E-state index contributed by atoms with van der Waals surface area (Å²) in [6, 6.07) is 13.1. The molecule has 30 heavy (non-hydrogen) atoms. The Kier molecular flexibility index (Phi) is 6.99. The van der Waals surface area contributed by atoms with Gasteiger partial charge >= 0.3 is 0 Å². The van der Waals surface area contributed by atoms with Gasteiger partial charge in [-0.25, -0.2) is 4.98 Å². The van der Waals surface area contributed by atoms with Crippen LogP contribution in [-0.4, -0.2) is 29.7 Å². The number of nitrogens with zero attached hydrogens (tertiary/aromatic N) is 1. The van der Waals surface area contributed by atoms with Crippen LogP contribution < -0.4 is 15.4 Å². The van der Waals surface area contributed by atoms with E-state index in [9.17, 15) is 9.59 Å². The monoisotopic (exact) mass is 443 g/mol. The van der Waals surface area contributed by atoms with Gasteiger partial charge in [0.05, 0.1) is 23.1 Å². The molecule has 0 spiro atoms. The molecule has 0 fully saturated rings. The third kappa shape index (κ3) is 6.47. The highest BCUT2D eigenvalue weighted by molar-refractivity contribution is 8.00. The SMILES string of the molecule is COc1ccc2nc(NC(=O)CSc3cccc(NC(=O)CC(C)(C)C)c3)sc2c1. The lowest BCUT2D eigenvalue weighted by atomic mass is 9.92. The summed E-state index contributed by atoms with van der Waals surface area (Å²) in [7, 11) is 1.62. The van der Waals surface area contributed by atoms with Crippen molar-refractivity contribution in [3.8, 4) is 5.75 Å². The summed E-state index contributed by atoms with van der Waals surface area (Å²) in [5, 5.41) is 6.33. The Morgan fingerprint density at radius 1 is 1.10 bits per heavy atom. The number of thiazole rings is 1. The van der Waals surface area contributed by atoms with Gasteiger partial charge in [-0.1, -0.05) is 38.2 Å². The highest BCUT2D eigenvalue weighted by Crippen LogP contribution is 2.29. The molecule has 0 unspecified atom stereocenters. The first kappa shape index (κ1) is 22.1. The Morgan fingerprint density at radius 2 is 1.90 bits per heavy atom. The minimum absolute atomic E-state index is 0.0186. The average molecular weight is 444 g/mol. The summed E-state index contributed by atoms with van der Waals surface area (Å²) in [6.07, 6.45) is 0.445. The number of carbonyl (C=O) groups is 2. The van der Waals surface area contributed by atoms with E-state index in [1.165, 1.54) is 23.1 Å². The first-order chi connectivity index (χ1) is 14.2. The van der Waals surface area contributed by atoms with Crippen LogP contribution in [0.4, 0.5) is 10.8 Å². The Morgan fingerprint density at radius 3 is 2.63 bits per heavy atom. The zero-order valence-corrected chi connectivity index (χ0v) is 19.1. The molecule has 8 heteroatoms. The largest absolute Gasteiger partial charge is 0.497 e. The van der Waals surface area contributed by atoms with Gasteiger partial charge in [-0.3, -0.25) is 9.59 Å². The quantitative estimate of drug-likeness (QED) is 0.477. The van der Waals surface area contributed by atoms with Crippen molar-refractivity contribution in [3.63, 3.8) is 0 Å². The number of methoxy groups -OCH3 is 1. The van der Waals surface area contributed by atoms with E-state index in [4.69, 9.17) is 4.74 Å². The van der Waals surface area contributed by atoms with Crippen molar-refractivity contribution in [2.75, 3.05) is 23.5 Å². The predicted molar refractivity (Wildman–Crippen MR) is 125 cm³/mol. The fourth-order valence-corrected chi connectivity index (χ4v) is 4.41. The van der Waals surface area contributed by atoms with Gasteiger partial charge < -0.3 is 15.4 Å². The van der Waals surface area contributed by atoms with Crippen molar-refractivity contribution in [3.05, 3.63) is 42.5 Å². The normalized spacial score (nSPS) is 11.3. The van der Waals surface area contributed by atoms with E-state index in [0.717, 1.165) is 26.5 Å². The van der Waals surface area contributed by atoms with Crippen molar-refractivity contribution in [2.24, 2.45) is 5.41 Å². The molecule has 0 aliphatic rings. The van der Waals surface area contributed by atoms with Crippen molar-refractivity contribution < 1.29 is 14.3 Å². The molecule has 0 bridgehead atoms. The topological polar surface area (TPSA) is 80.3 Å². The van der Waals surface area contributed by atoms with Crippen molar-refractivity contribution in [1.82, 2.24) is 4.98 Å². The van der Waals surface area contributed by atoms with Crippen LogP contribution in [0.1, 0.15) is 27.2 Å². The number of benzene rings is 2. The average Bonchev–Trinajstić information content (AvgIpc) is 3.06. The van der Waals surface area contributed by atoms with E-state index >= 15 is 0 Å². The lowest BCUT2D eigenvalue weighted by Crippen LogP contribution is -2.19. The minimum Gasteiger partial charge on any atom is -0.497 e. The van der Waals surface area contributed by atoms with Gasteiger partial charge in [-0.2, -0.15) is 0 Å². The smallest absolute Gasteiger partial charge is 0.236 e. The molecule has 158 valence electrons. The lowest BCUT2D eigenvalue weighted by molar-refractivity contribution is -0.118. The Bertz CT molecular complexity index is 1060. The standard InChI is InChI=1S/C22H25N3O3S2/c1-22(2,3)12-19(26)23-14-6-5-7-16(10-14)29-13-20(27)25-21-24-17-9-8-15(28-4)11-18(17)30-21/h5-11H,12-13H2,1-4H3,(H,23,26)(H,24,25,27). The Labute approximate surface area is 184 Å². The van der Waals surface area contributed by atoms with Crippen LogP contribution in [0, 0.1) is 5.41 Å². The second-order valence-corrected chi connectivity index (χ2v) is 10.1. The number of anilines is 2. The number of hydrogen-bond donors (Lipinski definition) is 2. The molecule has 2 aromatic carbocycles. The molecule has 0 radical (unpaired) electrons. The number of fused-ring (bicyclic) bond motifs is 1. The van der Waals surface area contributed by atoms with Crippen LogP contribution in [0.3, 0.4) is 0 Å². The van der Waals surface area contributed by atoms with Gasteiger partial charge in [0, 0.05) is 17.0 Å². The number of rotatable bonds is 7. The van der Waals surface area contributed by atoms with Crippen LogP contribution >= 0.6 is 23.1 Å². The molecule has 0 aliphatic carbocycles. The number of hydrogen-bond acceptors (Lipinski definition) is 6. The molecule has 3 rings (SSSR count). The number of thioether (sulfide) groups is 1. The molecule has 0 atom stereocenters. The molecule has 3 aromatic rings. The van der Waals surface area contributed by atoms with E-state index in [1.807, 2.05) is 63.2 Å². The maximum atomic E-state index is 12.3. The predicted octanol–water partition coefficient (Wildman–Crippen LogP) is 5.41. The minimum atomic E-state index is -0.131. The second-order valence-electron chi connectivity index (χ2n) is 8.00. The van der Waals surface area contributed by atoms with Gasteiger partial charge in [0.25, 0.3) is 0 Å². The second kappa shape index (κ2) is 9.49. The number of amides is 2. The van der Waals surface area contributed by atoms with Gasteiger partial charge in [-0.15, -0.1) is 11.8 Å². The van der Waals surface area contributed by atoms with Crippen LogP contribution in [-0.2, 0) is 9.59 Å². The molecule has 6 nitrogen and oxygen atoms in total. The Hall–Kier alpha value is -2.58. The molecule has 1 heterocycles. The van der Waals surface area contributed by atoms with Crippen molar-refractivity contribution >= 4 is 55.9 Å². The van der Waals surface area contributed by atoms with E-state index in [1.54, 1.807) is 7.11 Å². The first-order valence-electron chi connectivity index (χ1n) is 9.49. The van der Waals surface area contributed by atoms with Crippen molar-refractivity contribution in [2.45, 2.75) is 32.1 Å². The molecular weight excluding hydrogens is 418 g/mol. The Balaban J connectivity index is 1.55. The number of nitrogens with one attached hydrogen (secondary N) is 2. The zero-order chi connectivity index (χ0) is 21.7. The zero-order valence-electron chi connectivity index (χ0n) is 17.4. The van der Waals surface area contributed by atoms with Crippen LogP contribution in [0.15, 0.2) is 47.4 Å². The molecular formula is C22H25N3O3S2. The van der Waals surface area contributed by atoms with Crippen LogP contribution in [0.25, 0.3) is 10.2 Å². The highest BCUT2D eigenvalue weighted by Gasteiger charge is 2.16. The van der Waals surface area contributed by atoms with Crippen molar-refractivity contribution in [1.29, 1.82) is 0 Å². The molecule has 0 saturated carbocycles. The first-order valence-corrected chi connectivity index (χ1v) is 11.3. The number of aromatic nitrogens is 1. The van der Waals surface area contributed by atoms with Gasteiger partial charge in [0.2, 0.25) is 11.8 Å². The fourth-order valence-electron chi connectivity index (χ4n) is 2.74. The third-order valence-corrected chi connectivity index (χ3v) is 5.95. The molecule has 1 aromatic heterocycles. The van der Waals surface area contributed by atoms with E-state index in [2.05, 4.69) is 15.6 Å². The molecule has 0 saturated heterocycles. The van der Waals surface area contributed by atoms with Gasteiger partial charge in [-0.05, 0) is 41.8 Å². The lowest BCUT2D eigenvalue weighted by Gasteiger charge is -2.17. The summed E-state index contributed by atoms with van der Waals surface area (Å²) in [5.41, 5.74) is 1.48. The molecule has 2 N–H and O–H groups in total. The molecule has 2 amide bonds. The maximum Gasteiger partial charge on any atom is 0.236 e. The van der Waals surface area contributed by atoms with Crippen LogP contribution in [0.5, 0.6) is 5.75 Å². The summed E-state index contributed by atoms with van der Waals surface area (Å²) >= 11 is 2.82. The molecule has 0 aliphatic heterocycles. The third-order valence-electron chi connectivity index (χ3n) is 4.02. The van der Waals surface area contributed by atoms with E-state index in [0.29, 0.717) is 11.6 Å². The van der Waals surface area contributed by atoms with Gasteiger partial charge in [0.15, 0.2) is 5.13 Å². The van der Waals surface area contributed by atoms with Crippen LogP contribution in [0.2, 0.25) is 0 Å².